The van der Waals surface area contributed by atoms with Gasteiger partial charge in [-0.15, -0.1) is 0 Å². The molecule has 0 radical (unpaired) electrons. The smallest absolute Gasteiger partial charge is 0.246 e. The molecule has 0 spiro atoms. The first kappa shape index (κ1) is 14.7. The van der Waals surface area contributed by atoms with Crippen LogP contribution in [0.4, 0.5) is 5.69 Å². The molecular weight excluding hydrogens is 320 g/mol. The Balaban J connectivity index is 2.39. The molecule has 4 nitrogen and oxygen atoms in total. The van der Waals surface area contributed by atoms with Crippen molar-refractivity contribution in [3.8, 4) is 17.5 Å². The van der Waals surface area contributed by atoms with E-state index in [-0.39, 0.29) is 0 Å². The van der Waals surface area contributed by atoms with Crippen molar-refractivity contribution in [1.82, 2.24) is 4.98 Å². The number of aromatic nitrogens is 1. The van der Waals surface area contributed by atoms with Crippen molar-refractivity contribution in [2.75, 3.05) is 12.8 Å². The minimum Gasteiger partial charge on any atom is -0.481 e. The third-order valence-electron chi connectivity index (χ3n) is 2.87. The summed E-state index contributed by atoms with van der Waals surface area (Å²) in [5, 5.41) is 0. The van der Waals surface area contributed by atoms with E-state index < -0.39 is 0 Å². The fourth-order valence-corrected chi connectivity index (χ4v) is 2.18. The Morgan fingerprint density at radius 3 is 2.60 bits per heavy atom. The van der Waals surface area contributed by atoms with Gasteiger partial charge in [-0.2, -0.15) is 4.98 Å². The fraction of sp³-hybridized carbons (Fsp3) is 0.267. The van der Waals surface area contributed by atoms with Crippen LogP contribution in [-0.2, 0) is 0 Å². The zero-order valence-electron chi connectivity index (χ0n) is 11.7. The lowest BCUT2D eigenvalue weighted by molar-refractivity contribution is 0.383. The predicted molar refractivity (Wildman–Crippen MR) is 83.5 cm³/mol. The molecule has 1 heterocycles. The fourth-order valence-electron chi connectivity index (χ4n) is 1.80. The van der Waals surface area contributed by atoms with Crippen molar-refractivity contribution in [3.63, 3.8) is 0 Å². The molecule has 1 aromatic carbocycles. The van der Waals surface area contributed by atoms with E-state index in [1.54, 1.807) is 19.2 Å². The van der Waals surface area contributed by atoms with Crippen LogP contribution in [0.3, 0.4) is 0 Å². The van der Waals surface area contributed by atoms with Crippen molar-refractivity contribution in [2.24, 2.45) is 0 Å². The molecule has 0 saturated carbocycles. The van der Waals surface area contributed by atoms with Crippen LogP contribution >= 0.6 is 15.9 Å². The maximum atomic E-state index is 5.90. The van der Waals surface area contributed by atoms with Crippen molar-refractivity contribution in [1.29, 1.82) is 0 Å². The Kier molecular flexibility index (Phi) is 4.49. The van der Waals surface area contributed by atoms with E-state index in [2.05, 4.69) is 34.8 Å². The Morgan fingerprint density at radius 1 is 1.20 bits per heavy atom. The Bertz CT molecular complexity index is 615. The molecule has 0 aliphatic carbocycles. The molecule has 0 saturated heterocycles. The topological polar surface area (TPSA) is 57.4 Å². The summed E-state index contributed by atoms with van der Waals surface area (Å²) >= 11 is 3.47. The lowest BCUT2D eigenvalue weighted by Gasteiger charge is -2.15. The van der Waals surface area contributed by atoms with Crippen molar-refractivity contribution >= 4 is 21.6 Å². The molecule has 0 atom stereocenters. The van der Waals surface area contributed by atoms with Gasteiger partial charge in [-0.3, -0.25) is 0 Å². The van der Waals surface area contributed by atoms with Crippen LogP contribution in [0.2, 0.25) is 0 Å². The summed E-state index contributed by atoms with van der Waals surface area (Å²) in [7, 11) is 1.56. The van der Waals surface area contributed by atoms with Crippen molar-refractivity contribution < 1.29 is 9.47 Å². The number of nitrogens with two attached hydrogens (primary N) is 1. The highest BCUT2D eigenvalue weighted by Crippen LogP contribution is 2.34. The molecule has 0 aliphatic rings. The molecule has 0 bridgehead atoms. The number of nitrogens with zero attached hydrogens (tertiary/aromatic N) is 1. The van der Waals surface area contributed by atoms with Gasteiger partial charge in [0.05, 0.1) is 12.8 Å². The number of halogens is 1. The van der Waals surface area contributed by atoms with E-state index >= 15 is 0 Å². The van der Waals surface area contributed by atoms with E-state index in [0.29, 0.717) is 23.4 Å². The lowest BCUT2D eigenvalue weighted by atomic mass is 10.0. The number of hydrogen-bond donors (Lipinski definition) is 1. The molecule has 20 heavy (non-hydrogen) atoms. The molecule has 2 rings (SSSR count). The second-order valence-corrected chi connectivity index (χ2v) is 5.60. The van der Waals surface area contributed by atoms with E-state index in [1.165, 1.54) is 0 Å². The maximum Gasteiger partial charge on any atom is 0.246 e. The summed E-state index contributed by atoms with van der Waals surface area (Å²) in [4.78, 5) is 4.23. The monoisotopic (exact) mass is 336 g/mol. The van der Waals surface area contributed by atoms with Gasteiger partial charge in [0.15, 0.2) is 0 Å². The first-order valence-corrected chi connectivity index (χ1v) is 7.08. The Labute approximate surface area is 127 Å². The quantitative estimate of drug-likeness (QED) is 0.901. The zero-order valence-corrected chi connectivity index (χ0v) is 13.3. The van der Waals surface area contributed by atoms with Gasteiger partial charge in [0.1, 0.15) is 5.75 Å². The summed E-state index contributed by atoms with van der Waals surface area (Å²) in [6.07, 6.45) is 0. The van der Waals surface area contributed by atoms with Gasteiger partial charge in [0.25, 0.3) is 0 Å². The highest BCUT2D eigenvalue weighted by atomic mass is 79.9. The van der Waals surface area contributed by atoms with Gasteiger partial charge in [-0.05, 0) is 35.7 Å². The minimum atomic E-state index is 0.328. The molecule has 2 N–H and O–H groups in total. The largest absolute Gasteiger partial charge is 0.481 e. The Morgan fingerprint density at radius 2 is 1.95 bits per heavy atom. The molecule has 1 aromatic heterocycles. The average Bonchev–Trinajstić information content (AvgIpc) is 2.42. The highest BCUT2D eigenvalue weighted by molar-refractivity contribution is 9.10. The van der Waals surface area contributed by atoms with Gasteiger partial charge in [0, 0.05) is 10.5 Å². The van der Waals surface area contributed by atoms with Crippen LogP contribution in [0.1, 0.15) is 25.3 Å². The average molecular weight is 337 g/mol. The van der Waals surface area contributed by atoms with E-state index in [9.17, 15) is 0 Å². The van der Waals surface area contributed by atoms with E-state index in [4.69, 9.17) is 15.2 Å². The second kappa shape index (κ2) is 6.13. The van der Waals surface area contributed by atoms with Crippen molar-refractivity contribution in [3.05, 3.63) is 40.4 Å². The standard InChI is InChI=1S/C15H17BrN2O2/c1-9(2)11-8-10(16)4-6-13(11)20-15-12(17)5-7-14(18-15)19-3/h4-9H,17H2,1-3H3. The molecule has 0 fully saturated rings. The predicted octanol–water partition coefficient (Wildman–Crippen LogP) is 4.35. The number of nitrogen functional groups attached to an aromatic ring is 1. The van der Waals surface area contributed by atoms with E-state index in [0.717, 1.165) is 15.8 Å². The van der Waals surface area contributed by atoms with E-state index in [1.807, 2.05) is 18.2 Å². The molecule has 0 amide bonds. The summed E-state index contributed by atoms with van der Waals surface area (Å²) in [6, 6.07) is 9.29. The van der Waals surface area contributed by atoms with Crippen LogP contribution < -0.4 is 15.2 Å². The summed E-state index contributed by atoms with van der Waals surface area (Å²) < 4.78 is 12.0. The number of hydrogen-bond acceptors (Lipinski definition) is 4. The number of rotatable bonds is 4. The molecule has 2 aromatic rings. The van der Waals surface area contributed by atoms with Crippen molar-refractivity contribution in [2.45, 2.75) is 19.8 Å². The molecule has 0 aliphatic heterocycles. The van der Waals surface area contributed by atoms with Gasteiger partial charge in [-0.1, -0.05) is 29.8 Å². The number of benzene rings is 1. The minimum absolute atomic E-state index is 0.328. The highest BCUT2D eigenvalue weighted by Gasteiger charge is 2.12. The molecule has 106 valence electrons. The number of ether oxygens (including phenoxy) is 2. The third-order valence-corrected chi connectivity index (χ3v) is 3.37. The number of methoxy groups -OCH3 is 1. The first-order chi connectivity index (χ1) is 9.51. The third kappa shape index (κ3) is 3.22. The van der Waals surface area contributed by atoms with Crippen LogP contribution in [-0.4, -0.2) is 12.1 Å². The normalized spacial score (nSPS) is 10.7. The number of pyridine rings is 1. The SMILES string of the molecule is COc1ccc(N)c(Oc2ccc(Br)cc2C(C)C)n1. The molecule has 5 heteroatoms. The maximum absolute atomic E-state index is 5.90. The van der Waals surface area contributed by atoms with Crippen LogP contribution in [0.5, 0.6) is 17.5 Å². The van der Waals surface area contributed by atoms with Crippen LogP contribution in [0.15, 0.2) is 34.8 Å². The zero-order chi connectivity index (χ0) is 14.7. The second-order valence-electron chi connectivity index (χ2n) is 4.69. The Hall–Kier alpha value is -1.75. The lowest BCUT2D eigenvalue weighted by Crippen LogP contribution is -2.00. The van der Waals surface area contributed by atoms with Gasteiger partial charge in [0.2, 0.25) is 11.8 Å². The summed E-state index contributed by atoms with van der Waals surface area (Å²) in [5.74, 6) is 1.90. The summed E-state index contributed by atoms with van der Waals surface area (Å²) in [6.45, 7) is 4.22. The summed E-state index contributed by atoms with van der Waals surface area (Å²) in [5.41, 5.74) is 7.46. The first-order valence-electron chi connectivity index (χ1n) is 6.29. The van der Waals surface area contributed by atoms with Crippen LogP contribution in [0.25, 0.3) is 0 Å². The van der Waals surface area contributed by atoms with Gasteiger partial charge < -0.3 is 15.2 Å². The van der Waals surface area contributed by atoms with Crippen LogP contribution in [0, 0.1) is 0 Å². The molecular formula is C15H17BrN2O2. The van der Waals surface area contributed by atoms with Gasteiger partial charge in [-0.25, -0.2) is 0 Å². The number of anilines is 1. The van der Waals surface area contributed by atoms with Gasteiger partial charge >= 0.3 is 0 Å². The molecule has 0 unspecified atom stereocenters.